The van der Waals surface area contributed by atoms with Gasteiger partial charge in [-0.3, -0.25) is 0 Å². The van der Waals surface area contributed by atoms with E-state index in [1.807, 2.05) is 6.92 Å². The van der Waals surface area contributed by atoms with Gasteiger partial charge in [0.15, 0.2) is 0 Å². The summed E-state index contributed by atoms with van der Waals surface area (Å²) >= 11 is 3.19. The van der Waals surface area contributed by atoms with Gasteiger partial charge in [-0.15, -0.1) is 21.5 Å². The van der Waals surface area contributed by atoms with Gasteiger partial charge < -0.3 is 5.32 Å². The third-order valence-electron chi connectivity index (χ3n) is 3.06. The molecule has 3 aromatic rings. The smallest absolute Gasteiger partial charge is 0.205 e. The van der Waals surface area contributed by atoms with Gasteiger partial charge in [0.05, 0.1) is 10.7 Å². The first kappa shape index (κ1) is 15.1. The Balaban J connectivity index is 1.51. The summed E-state index contributed by atoms with van der Waals surface area (Å²) in [5.41, 5.74) is 2.13. The lowest BCUT2D eigenvalue weighted by Crippen LogP contribution is -2.04. The van der Waals surface area contributed by atoms with E-state index in [0.29, 0.717) is 6.42 Å². The summed E-state index contributed by atoms with van der Waals surface area (Å²) in [5, 5.41) is 16.5. The van der Waals surface area contributed by atoms with Crippen molar-refractivity contribution in [3.8, 4) is 0 Å². The van der Waals surface area contributed by atoms with Crippen molar-refractivity contribution < 1.29 is 4.39 Å². The number of nitrogens with zero attached hydrogens (tertiary/aromatic N) is 3. The van der Waals surface area contributed by atoms with E-state index in [0.717, 1.165) is 39.4 Å². The molecular weight excluding hydrogens is 319 g/mol. The van der Waals surface area contributed by atoms with Crippen LogP contribution in [0.1, 0.15) is 21.3 Å². The number of thiazole rings is 1. The lowest BCUT2D eigenvalue weighted by molar-refractivity contribution is 0.627. The van der Waals surface area contributed by atoms with E-state index in [-0.39, 0.29) is 5.82 Å². The minimum Gasteiger partial charge on any atom is -0.360 e. The molecule has 4 nitrogen and oxygen atoms in total. The minimum atomic E-state index is -0.222. The molecule has 7 heteroatoms. The summed E-state index contributed by atoms with van der Waals surface area (Å²) < 4.78 is 12.9. The Kier molecular flexibility index (Phi) is 4.74. The van der Waals surface area contributed by atoms with Crippen LogP contribution >= 0.6 is 22.7 Å². The van der Waals surface area contributed by atoms with Gasteiger partial charge in [0, 0.05) is 24.8 Å². The fourth-order valence-electron chi connectivity index (χ4n) is 1.99. The van der Waals surface area contributed by atoms with Crippen molar-refractivity contribution in [1.82, 2.24) is 15.2 Å². The second-order valence-corrected chi connectivity index (χ2v) is 6.96. The summed E-state index contributed by atoms with van der Waals surface area (Å²) in [5.74, 6) is -0.222. The van der Waals surface area contributed by atoms with Crippen molar-refractivity contribution in [2.75, 3.05) is 11.9 Å². The summed E-state index contributed by atoms with van der Waals surface area (Å²) in [6, 6.07) is 6.47. The fraction of sp³-hybridized carbons (Fsp3) is 0.267. The molecule has 0 radical (unpaired) electrons. The predicted molar refractivity (Wildman–Crippen MR) is 88.2 cm³/mol. The van der Waals surface area contributed by atoms with Crippen LogP contribution in [0.4, 0.5) is 9.52 Å². The number of anilines is 1. The third-order valence-corrected chi connectivity index (χ3v) is 4.76. The van der Waals surface area contributed by atoms with Crippen LogP contribution in [0.2, 0.25) is 0 Å². The summed E-state index contributed by atoms with van der Waals surface area (Å²) in [7, 11) is 0. The number of hydrogen-bond acceptors (Lipinski definition) is 6. The topological polar surface area (TPSA) is 50.7 Å². The third kappa shape index (κ3) is 4.08. The van der Waals surface area contributed by atoms with Crippen LogP contribution in [0.25, 0.3) is 0 Å². The molecule has 1 aromatic carbocycles. The highest BCUT2D eigenvalue weighted by Gasteiger charge is 2.06. The standard InChI is InChI=1S/C15H15FN4S2/c1-10-18-13(9-21-10)6-7-17-15-20-19-14(22-15)8-11-2-4-12(16)5-3-11/h2-5,9H,6-8H2,1H3,(H,17,20). The quantitative estimate of drug-likeness (QED) is 0.747. The maximum Gasteiger partial charge on any atom is 0.205 e. The Hall–Kier alpha value is -1.86. The predicted octanol–water partition coefficient (Wildman–Crippen LogP) is 3.69. The first-order valence-corrected chi connectivity index (χ1v) is 8.60. The number of nitrogens with one attached hydrogen (secondary N) is 1. The molecule has 0 aliphatic rings. The molecule has 0 bridgehead atoms. The number of aryl methyl sites for hydroxylation is 1. The molecule has 0 unspecified atom stereocenters. The molecule has 3 rings (SSSR count). The van der Waals surface area contributed by atoms with Crippen molar-refractivity contribution in [2.45, 2.75) is 19.8 Å². The molecule has 0 amide bonds. The van der Waals surface area contributed by atoms with Crippen LogP contribution in [0.3, 0.4) is 0 Å². The molecule has 0 fully saturated rings. The Bertz CT molecular complexity index is 736. The van der Waals surface area contributed by atoms with Crippen LogP contribution < -0.4 is 5.32 Å². The van der Waals surface area contributed by atoms with Gasteiger partial charge in [0.2, 0.25) is 5.13 Å². The van der Waals surface area contributed by atoms with E-state index in [4.69, 9.17) is 0 Å². The van der Waals surface area contributed by atoms with E-state index >= 15 is 0 Å². The molecule has 114 valence electrons. The highest BCUT2D eigenvalue weighted by Crippen LogP contribution is 2.19. The lowest BCUT2D eigenvalue weighted by atomic mass is 10.2. The maximum atomic E-state index is 12.9. The monoisotopic (exact) mass is 334 g/mol. The normalized spacial score (nSPS) is 10.8. The average Bonchev–Trinajstić information content (AvgIpc) is 3.11. The van der Waals surface area contributed by atoms with Crippen molar-refractivity contribution in [2.24, 2.45) is 0 Å². The average molecular weight is 334 g/mol. The second kappa shape index (κ2) is 6.93. The minimum absolute atomic E-state index is 0.222. The Morgan fingerprint density at radius 2 is 2.00 bits per heavy atom. The molecule has 0 aliphatic heterocycles. The van der Waals surface area contributed by atoms with Crippen LogP contribution in [-0.2, 0) is 12.8 Å². The van der Waals surface area contributed by atoms with Gasteiger partial charge in [-0.2, -0.15) is 0 Å². The molecule has 22 heavy (non-hydrogen) atoms. The zero-order chi connectivity index (χ0) is 15.4. The maximum absolute atomic E-state index is 12.9. The first-order chi connectivity index (χ1) is 10.7. The molecule has 2 heterocycles. The first-order valence-electron chi connectivity index (χ1n) is 6.91. The van der Waals surface area contributed by atoms with Gasteiger partial charge >= 0.3 is 0 Å². The van der Waals surface area contributed by atoms with Crippen LogP contribution in [-0.4, -0.2) is 21.7 Å². The number of aromatic nitrogens is 3. The Morgan fingerprint density at radius 3 is 2.73 bits per heavy atom. The number of hydrogen-bond donors (Lipinski definition) is 1. The molecule has 0 aliphatic carbocycles. The summed E-state index contributed by atoms with van der Waals surface area (Å²) in [4.78, 5) is 4.43. The second-order valence-electron chi connectivity index (χ2n) is 4.84. The van der Waals surface area contributed by atoms with Crippen LogP contribution in [0.15, 0.2) is 29.6 Å². The SMILES string of the molecule is Cc1nc(CCNc2nnc(Cc3ccc(F)cc3)s2)cs1. The van der Waals surface area contributed by atoms with Crippen molar-refractivity contribution >= 4 is 27.8 Å². The zero-order valence-corrected chi connectivity index (χ0v) is 13.7. The number of halogens is 1. The molecular formula is C15H15FN4S2. The summed E-state index contributed by atoms with van der Waals surface area (Å²) in [6.45, 7) is 2.79. The molecule has 0 saturated carbocycles. The van der Waals surface area contributed by atoms with E-state index < -0.39 is 0 Å². The van der Waals surface area contributed by atoms with Gasteiger partial charge in [0.1, 0.15) is 10.8 Å². The highest BCUT2D eigenvalue weighted by atomic mass is 32.1. The van der Waals surface area contributed by atoms with Gasteiger partial charge in [-0.1, -0.05) is 23.5 Å². The van der Waals surface area contributed by atoms with Crippen LogP contribution in [0, 0.1) is 12.7 Å². The van der Waals surface area contributed by atoms with E-state index in [1.165, 1.54) is 23.5 Å². The van der Waals surface area contributed by atoms with E-state index in [2.05, 4.69) is 25.9 Å². The largest absolute Gasteiger partial charge is 0.360 e. The van der Waals surface area contributed by atoms with E-state index in [9.17, 15) is 4.39 Å². The Morgan fingerprint density at radius 1 is 1.18 bits per heavy atom. The van der Waals surface area contributed by atoms with Gasteiger partial charge in [-0.25, -0.2) is 9.37 Å². The molecule has 0 saturated heterocycles. The molecule has 0 spiro atoms. The van der Waals surface area contributed by atoms with Crippen molar-refractivity contribution in [3.05, 3.63) is 56.7 Å². The lowest BCUT2D eigenvalue weighted by Gasteiger charge is -1.99. The zero-order valence-electron chi connectivity index (χ0n) is 12.0. The number of rotatable bonds is 6. The van der Waals surface area contributed by atoms with Gasteiger partial charge in [-0.05, 0) is 24.6 Å². The van der Waals surface area contributed by atoms with Crippen molar-refractivity contribution in [3.63, 3.8) is 0 Å². The molecule has 1 N–H and O–H groups in total. The highest BCUT2D eigenvalue weighted by molar-refractivity contribution is 7.15. The number of benzene rings is 1. The van der Waals surface area contributed by atoms with Crippen LogP contribution in [0.5, 0.6) is 0 Å². The fourth-order valence-corrected chi connectivity index (χ4v) is 3.44. The Labute approximate surface area is 136 Å². The van der Waals surface area contributed by atoms with Crippen molar-refractivity contribution in [1.29, 1.82) is 0 Å². The molecule has 0 atom stereocenters. The summed E-state index contributed by atoms with van der Waals surface area (Å²) in [6.07, 6.45) is 1.54. The van der Waals surface area contributed by atoms with E-state index in [1.54, 1.807) is 23.5 Å². The molecule has 2 aromatic heterocycles. The van der Waals surface area contributed by atoms with Gasteiger partial charge in [0.25, 0.3) is 0 Å².